The standard InChI is InChI=1S/C24H22ClN3O4/c1-30-21-5-3-15(7-22(21)31-2)4-6-23(29)28-13-19-9-17-8-16(10-20(25)24(17)32-19)18-11-26-14-27-12-18/h3-8,10-12,14,19H,9,13H2,1-2H3,(H,28,29)/b6-4+/t19-/m1/s1. The minimum Gasteiger partial charge on any atom is -0.493 e. The van der Waals surface area contributed by atoms with Crippen molar-refractivity contribution in [3.05, 3.63) is 71.3 Å². The zero-order valence-electron chi connectivity index (χ0n) is 17.7. The largest absolute Gasteiger partial charge is 0.493 e. The number of nitrogens with zero attached hydrogens (tertiary/aromatic N) is 2. The summed E-state index contributed by atoms with van der Waals surface area (Å²) in [4.78, 5) is 20.4. The third-order valence-corrected chi connectivity index (χ3v) is 5.37. The smallest absolute Gasteiger partial charge is 0.244 e. The number of aromatic nitrogens is 2. The van der Waals surface area contributed by atoms with Gasteiger partial charge in [0.15, 0.2) is 11.5 Å². The quantitative estimate of drug-likeness (QED) is 0.548. The lowest BCUT2D eigenvalue weighted by Gasteiger charge is -2.11. The normalized spacial score (nSPS) is 14.7. The second-order valence-electron chi connectivity index (χ2n) is 7.21. The first-order valence-corrected chi connectivity index (χ1v) is 10.4. The molecule has 0 aliphatic carbocycles. The Balaban J connectivity index is 1.35. The highest BCUT2D eigenvalue weighted by molar-refractivity contribution is 6.32. The van der Waals surface area contributed by atoms with Crippen LogP contribution < -0.4 is 19.5 Å². The number of carbonyl (C=O) groups excluding carboxylic acids is 1. The second-order valence-corrected chi connectivity index (χ2v) is 7.62. The molecule has 3 aromatic rings. The molecule has 1 amide bonds. The number of hydrogen-bond acceptors (Lipinski definition) is 6. The van der Waals surface area contributed by atoms with E-state index < -0.39 is 0 Å². The summed E-state index contributed by atoms with van der Waals surface area (Å²) in [5.74, 6) is 1.68. The van der Waals surface area contributed by atoms with Crippen LogP contribution in [0.2, 0.25) is 5.02 Å². The Morgan fingerprint density at radius 1 is 1.16 bits per heavy atom. The lowest BCUT2D eigenvalue weighted by Crippen LogP contribution is -2.33. The van der Waals surface area contributed by atoms with Crippen LogP contribution in [0.1, 0.15) is 11.1 Å². The summed E-state index contributed by atoms with van der Waals surface area (Å²) in [6, 6.07) is 9.31. The van der Waals surface area contributed by atoms with Crippen molar-refractivity contribution in [1.29, 1.82) is 0 Å². The van der Waals surface area contributed by atoms with Crippen LogP contribution >= 0.6 is 11.6 Å². The number of carbonyl (C=O) groups is 1. The van der Waals surface area contributed by atoms with E-state index >= 15 is 0 Å². The number of methoxy groups -OCH3 is 2. The minimum atomic E-state index is -0.215. The van der Waals surface area contributed by atoms with E-state index in [1.54, 1.807) is 44.8 Å². The van der Waals surface area contributed by atoms with E-state index in [0.717, 1.165) is 22.3 Å². The van der Waals surface area contributed by atoms with Gasteiger partial charge in [0, 0.05) is 36.0 Å². The summed E-state index contributed by atoms with van der Waals surface area (Å²) in [5.41, 5.74) is 3.64. The molecule has 1 aromatic heterocycles. The Morgan fingerprint density at radius 3 is 2.69 bits per heavy atom. The molecule has 1 N–H and O–H groups in total. The maximum atomic E-state index is 12.3. The van der Waals surface area contributed by atoms with Gasteiger partial charge in [-0.1, -0.05) is 17.7 Å². The number of rotatable bonds is 7. The monoisotopic (exact) mass is 451 g/mol. The van der Waals surface area contributed by atoms with Crippen molar-refractivity contribution in [2.24, 2.45) is 0 Å². The number of halogens is 1. The van der Waals surface area contributed by atoms with E-state index in [2.05, 4.69) is 15.3 Å². The molecule has 2 heterocycles. The van der Waals surface area contributed by atoms with E-state index in [4.69, 9.17) is 25.8 Å². The molecule has 8 heteroatoms. The molecular weight excluding hydrogens is 430 g/mol. The predicted octanol–water partition coefficient (Wildman–Crippen LogP) is 3.95. The molecule has 1 aliphatic rings. The fraction of sp³-hybridized carbons (Fsp3) is 0.208. The Morgan fingerprint density at radius 2 is 1.94 bits per heavy atom. The molecule has 0 fully saturated rings. The number of benzene rings is 2. The fourth-order valence-electron chi connectivity index (χ4n) is 3.52. The van der Waals surface area contributed by atoms with Gasteiger partial charge in [0.05, 0.1) is 25.8 Å². The lowest BCUT2D eigenvalue weighted by atomic mass is 10.0. The zero-order valence-corrected chi connectivity index (χ0v) is 18.4. The lowest BCUT2D eigenvalue weighted by molar-refractivity contribution is -0.116. The van der Waals surface area contributed by atoms with Crippen LogP contribution in [-0.4, -0.2) is 42.7 Å². The molecule has 7 nitrogen and oxygen atoms in total. The van der Waals surface area contributed by atoms with Crippen molar-refractivity contribution in [1.82, 2.24) is 15.3 Å². The van der Waals surface area contributed by atoms with E-state index in [9.17, 15) is 4.79 Å². The molecular formula is C24H22ClN3O4. The Kier molecular flexibility index (Phi) is 6.56. The average Bonchev–Trinajstić information content (AvgIpc) is 3.25. The molecule has 164 valence electrons. The molecule has 0 saturated heterocycles. The van der Waals surface area contributed by atoms with Crippen molar-refractivity contribution in [3.8, 4) is 28.4 Å². The van der Waals surface area contributed by atoms with Gasteiger partial charge in [0.1, 0.15) is 18.2 Å². The molecule has 0 saturated carbocycles. The van der Waals surface area contributed by atoms with Gasteiger partial charge in [0.25, 0.3) is 0 Å². The first-order valence-electron chi connectivity index (χ1n) is 9.99. The molecule has 1 aliphatic heterocycles. The van der Waals surface area contributed by atoms with E-state index in [1.807, 2.05) is 18.2 Å². The van der Waals surface area contributed by atoms with Gasteiger partial charge in [-0.2, -0.15) is 0 Å². The van der Waals surface area contributed by atoms with Crippen LogP contribution in [0.15, 0.2) is 55.1 Å². The first kappa shape index (κ1) is 21.6. The third-order valence-electron chi connectivity index (χ3n) is 5.09. The summed E-state index contributed by atoms with van der Waals surface area (Å²) < 4.78 is 16.5. The second kappa shape index (κ2) is 9.70. The highest BCUT2D eigenvalue weighted by Gasteiger charge is 2.26. The Labute approximate surface area is 191 Å². The van der Waals surface area contributed by atoms with E-state index in [-0.39, 0.29) is 12.0 Å². The van der Waals surface area contributed by atoms with Gasteiger partial charge in [-0.3, -0.25) is 4.79 Å². The molecule has 0 spiro atoms. The van der Waals surface area contributed by atoms with Crippen molar-refractivity contribution in [2.45, 2.75) is 12.5 Å². The minimum absolute atomic E-state index is 0.191. The third kappa shape index (κ3) is 4.84. The van der Waals surface area contributed by atoms with Gasteiger partial charge in [-0.25, -0.2) is 9.97 Å². The fourth-order valence-corrected chi connectivity index (χ4v) is 3.80. The maximum Gasteiger partial charge on any atom is 0.244 e. The zero-order chi connectivity index (χ0) is 22.5. The topological polar surface area (TPSA) is 82.6 Å². The Bertz CT molecular complexity index is 1150. The molecule has 4 rings (SSSR count). The highest BCUT2D eigenvalue weighted by Crippen LogP contribution is 2.39. The SMILES string of the molecule is COc1ccc(/C=C/C(=O)NC[C@H]2Cc3cc(-c4cncnc4)cc(Cl)c3O2)cc1OC. The van der Waals surface area contributed by atoms with Crippen molar-refractivity contribution in [3.63, 3.8) is 0 Å². The molecule has 2 aromatic carbocycles. The van der Waals surface area contributed by atoms with Crippen LogP contribution in [0.25, 0.3) is 17.2 Å². The molecule has 1 atom stereocenters. The number of ether oxygens (including phenoxy) is 3. The molecule has 0 radical (unpaired) electrons. The number of amides is 1. The average molecular weight is 452 g/mol. The van der Waals surface area contributed by atoms with Crippen LogP contribution in [0.3, 0.4) is 0 Å². The van der Waals surface area contributed by atoms with Gasteiger partial charge >= 0.3 is 0 Å². The van der Waals surface area contributed by atoms with Gasteiger partial charge < -0.3 is 19.5 Å². The van der Waals surface area contributed by atoms with E-state index in [1.165, 1.54) is 12.4 Å². The van der Waals surface area contributed by atoms with Gasteiger partial charge in [-0.15, -0.1) is 0 Å². The van der Waals surface area contributed by atoms with E-state index in [0.29, 0.717) is 35.2 Å². The number of nitrogens with one attached hydrogen (secondary N) is 1. The van der Waals surface area contributed by atoms with Gasteiger partial charge in [0.2, 0.25) is 5.91 Å². The highest BCUT2D eigenvalue weighted by atomic mass is 35.5. The number of hydrogen-bond donors (Lipinski definition) is 1. The van der Waals surface area contributed by atoms with Crippen molar-refractivity contribution < 1.29 is 19.0 Å². The van der Waals surface area contributed by atoms with Crippen molar-refractivity contribution in [2.75, 3.05) is 20.8 Å². The Hall–Kier alpha value is -3.58. The summed E-state index contributed by atoms with van der Waals surface area (Å²) in [6.07, 6.45) is 8.61. The number of fused-ring (bicyclic) bond motifs is 1. The van der Waals surface area contributed by atoms with Crippen LogP contribution in [0, 0.1) is 0 Å². The predicted molar refractivity (Wildman–Crippen MR) is 122 cm³/mol. The molecule has 0 unspecified atom stereocenters. The first-order chi connectivity index (χ1) is 15.6. The molecule has 0 bridgehead atoms. The molecule has 32 heavy (non-hydrogen) atoms. The maximum absolute atomic E-state index is 12.3. The summed E-state index contributed by atoms with van der Waals surface area (Å²) in [6.45, 7) is 0.365. The van der Waals surface area contributed by atoms with Crippen molar-refractivity contribution >= 4 is 23.6 Å². The van der Waals surface area contributed by atoms with Crippen LogP contribution in [0.4, 0.5) is 0 Å². The summed E-state index contributed by atoms with van der Waals surface area (Å²) in [5, 5.41) is 3.41. The summed E-state index contributed by atoms with van der Waals surface area (Å²) in [7, 11) is 3.15. The van der Waals surface area contributed by atoms with Crippen LogP contribution in [-0.2, 0) is 11.2 Å². The van der Waals surface area contributed by atoms with Crippen LogP contribution in [0.5, 0.6) is 17.2 Å². The van der Waals surface area contributed by atoms with Gasteiger partial charge in [-0.05, 0) is 41.5 Å². The summed E-state index contributed by atoms with van der Waals surface area (Å²) >= 11 is 6.43.